The second-order valence-corrected chi connectivity index (χ2v) is 7.61. The molecule has 0 saturated heterocycles. The van der Waals surface area contributed by atoms with Gasteiger partial charge in [0.25, 0.3) is 0 Å². The van der Waals surface area contributed by atoms with E-state index in [1.54, 1.807) is 18.2 Å². The van der Waals surface area contributed by atoms with Crippen molar-refractivity contribution >= 4 is 23.4 Å². The van der Waals surface area contributed by atoms with Gasteiger partial charge in [0.1, 0.15) is 19.0 Å². The molecule has 0 spiro atoms. The van der Waals surface area contributed by atoms with Gasteiger partial charge in [0.2, 0.25) is 5.91 Å². The Morgan fingerprint density at radius 2 is 1.93 bits per heavy atom. The fourth-order valence-corrected chi connectivity index (χ4v) is 3.73. The maximum Gasteiger partial charge on any atom is 0.234 e. The molecular weight excluding hydrogens is 404 g/mol. The van der Waals surface area contributed by atoms with Gasteiger partial charge in [-0.2, -0.15) is 0 Å². The lowest BCUT2D eigenvalue weighted by Crippen LogP contribution is -2.17. The van der Waals surface area contributed by atoms with Crippen LogP contribution in [0.3, 0.4) is 0 Å². The minimum atomic E-state index is -0.272. The smallest absolute Gasteiger partial charge is 0.234 e. The standard InChI is InChI=1S/C21H22N4O4S/c1-14(29-16-6-4-3-5-7-16)20-23-24-21(25(20)2)30-13-19(26)22-15-8-9-17-18(12-15)28-11-10-27-17/h3-9,12,14H,10-11,13H2,1-2H3,(H,22,26)/t14-/m1/s1. The number of nitrogens with zero attached hydrogens (tertiary/aromatic N) is 3. The van der Waals surface area contributed by atoms with E-state index in [1.165, 1.54) is 11.8 Å². The van der Waals surface area contributed by atoms with Crippen LogP contribution in [0, 0.1) is 0 Å². The van der Waals surface area contributed by atoms with Gasteiger partial charge in [-0.15, -0.1) is 10.2 Å². The third-order valence-corrected chi connectivity index (χ3v) is 5.47. The van der Waals surface area contributed by atoms with Crippen LogP contribution in [0.1, 0.15) is 18.9 Å². The molecule has 1 amide bonds. The third kappa shape index (κ3) is 4.68. The van der Waals surface area contributed by atoms with E-state index in [-0.39, 0.29) is 17.8 Å². The average molecular weight is 426 g/mol. The predicted octanol–water partition coefficient (Wildman–Crippen LogP) is 3.46. The van der Waals surface area contributed by atoms with E-state index in [2.05, 4.69) is 15.5 Å². The van der Waals surface area contributed by atoms with Gasteiger partial charge in [-0.25, -0.2) is 0 Å². The Hall–Kier alpha value is -3.20. The minimum Gasteiger partial charge on any atom is -0.486 e. The Kier molecular flexibility index (Phi) is 6.08. The highest BCUT2D eigenvalue weighted by Gasteiger charge is 2.18. The first-order valence-corrected chi connectivity index (χ1v) is 10.5. The number of ether oxygens (including phenoxy) is 3. The minimum absolute atomic E-state index is 0.144. The van der Waals surface area contributed by atoms with Gasteiger partial charge in [0, 0.05) is 18.8 Å². The van der Waals surface area contributed by atoms with Crippen molar-refractivity contribution in [2.24, 2.45) is 7.05 Å². The SMILES string of the molecule is C[C@@H](Oc1ccccc1)c1nnc(SCC(=O)Nc2ccc3c(c2)OCCO3)n1C. The second-order valence-electron chi connectivity index (χ2n) is 6.67. The summed E-state index contributed by atoms with van der Waals surface area (Å²) in [7, 11) is 1.86. The molecule has 0 radical (unpaired) electrons. The number of para-hydroxylation sites is 1. The lowest BCUT2D eigenvalue weighted by atomic mass is 10.2. The van der Waals surface area contributed by atoms with Gasteiger partial charge in [0.05, 0.1) is 5.75 Å². The Morgan fingerprint density at radius 1 is 1.17 bits per heavy atom. The number of nitrogens with one attached hydrogen (secondary N) is 1. The summed E-state index contributed by atoms with van der Waals surface area (Å²) in [4.78, 5) is 12.4. The molecule has 4 rings (SSSR count). The highest BCUT2D eigenvalue weighted by molar-refractivity contribution is 7.99. The number of hydrogen-bond acceptors (Lipinski definition) is 7. The van der Waals surface area contributed by atoms with E-state index in [0.717, 1.165) is 5.75 Å². The van der Waals surface area contributed by atoms with E-state index < -0.39 is 0 Å². The largest absolute Gasteiger partial charge is 0.486 e. The summed E-state index contributed by atoms with van der Waals surface area (Å²) in [6.45, 7) is 2.95. The highest BCUT2D eigenvalue weighted by Crippen LogP contribution is 2.32. The van der Waals surface area contributed by atoms with Crippen LogP contribution in [-0.4, -0.2) is 39.6 Å². The first kappa shape index (κ1) is 20.1. The third-order valence-electron chi connectivity index (χ3n) is 4.45. The average Bonchev–Trinajstić information content (AvgIpc) is 3.13. The number of fused-ring (bicyclic) bond motifs is 1. The van der Waals surface area contributed by atoms with E-state index in [1.807, 2.05) is 48.9 Å². The highest BCUT2D eigenvalue weighted by atomic mass is 32.2. The summed E-state index contributed by atoms with van der Waals surface area (Å²) < 4.78 is 18.8. The number of benzene rings is 2. The van der Waals surface area contributed by atoms with Crippen LogP contribution >= 0.6 is 11.8 Å². The number of carbonyl (C=O) groups excluding carboxylic acids is 1. The van der Waals surface area contributed by atoms with Crippen LogP contribution in [0.25, 0.3) is 0 Å². The molecule has 8 nitrogen and oxygen atoms in total. The molecule has 1 N–H and O–H groups in total. The van der Waals surface area contributed by atoms with Crippen LogP contribution in [0.2, 0.25) is 0 Å². The van der Waals surface area contributed by atoms with Crippen LogP contribution in [0.5, 0.6) is 17.2 Å². The van der Waals surface area contributed by atoms with Gasteiger partial charge in [0.15, 0.2) is 28.6 Å². The number of aromatic nitrogens is 3. The topological polar surface area (TPSA) is 87.5 Å². The van der Waals surface area contributed by atoms with Crippen LogP contribution < -0.4 is 19.5 Å². The van der Waals surface area contributed by atoms with Crippen molar-refractivity contribution in [2.45, 2.75) is 18.2 Å². The van der Waals surface area contributed by atoms with Crippen molar-refractivity contribution in [1.82, 2.24) is 14.8 Å². The van der Waals surface area contributed by atoms with Crippen molar-refractivity contribution in [3.05, 3.63) is 54.4 Å². The molecule has 0 saturated carbocycles. The first-order valence-electron chi connectivity index (χ1n) is 9.53. The number of anilines is 1. The van der Waals surface area contributed by atoms with Crippen molar-refractivity contribution < 1.29 is 19.0 Å². The van der Waals surface area contributed by atoms with Crippen LogP contribution in [0.4, 0.5) is 5.69 Å². The second kappa shape index (κ2) is 9.08. The number of rotatable bonds is 7. The molecule has 0 fully saturated rings. The van der Waals surface area contributed by atoms with Crippen molar-refractivity contribution in [1.29, 1.82) is 0 Å². The number of amides is 1. The summed E-state index contributed by atoms with van der Waals surface area (Å²) in [5.41, 5.74) is 0.661. The van der Waals surface area contributed by atoms with Crippen molar-refractivity contribution in [3.8, 4) is 17.2 Å². The molecule has 0 unspecified atom stereocenters. The summed E-state index contributed by atoms with van der Waals surface area (Å²) in [5.74, 6) is 2.84. The van der Waals surface area contributed by atoms with Gasteiger partial charge in [-0.3, -0.25) is 4.79 Å². The first-order chi connectivity index (χ1) is 14.6. The fourth-order valence-electron chi connectivity index (χ4n) is 3.01. The monoisotopic (exact) mass is 426 g/mol. The number of carbonyl (C=O) groups is 1. The molecule has 1 aromatic heterocycles. The maximum atomic E-state index is 12.4. The fraction of sp³-hybridized carbons (Fsp3) is 0.286. The molecule has 3 aromatic rings. The molecule has 156 valence electrons. The van der Waals surface area contributed by atoms with E-state index in [4.69, 9.17) is 14.2 Å². The summed E-state index contributed by atoms with van der Waals surface area (Å²) >= 11 is 1.31. The van der Waals surface area contributed by atoms with Gasteiger partial charge >= 0.3 is 0 Å². The Bertz CT molecular complexity index is 1030. The van der Waals surface area contributed by atoms with Gasteiger partial charge < -0.3 is 24.1 Å². The van der Waals surface area contributed by atoms with E-state index >= 15 is 0 Å². The van der Waals surface area contributed by atoms with Crippen molar-refractivity contribution in [2.75, 3.05) is 24.3 Å². The van der Waals surface area contributed by atoms with Gasteiger partial charge in [-0.1, -0.05) is 30.0 Å². The lowest BCUT2D eigenvalue weighted by Gasteiger charge is -2.19. The zero-order chi connectivity index (χ0) is 20.9. The normalized spacial score (nSPS) is 13.5. The molecule has 1 aliphatic heterocycles. The number of hydrogen-bond donors (Lipinski definition) is 1. The maximum absolute atomic E-state index is 12.4. The molecule has 0 bridgehead atoms. The summed E-state index contributed by atoms with van der Waals surface area (Å²) in [6.07, 6.45) is -0.272. The number of thioether (sulfide) groups is 1. The molecular formula is C21H22N4O4S. The van der Waals surface area contributed by atoms with Gasteiger partial charge in [-0.05, 0) is 31.2 Å². The van der Waals surface area contributed by atoms with E-state index in [0.29, 0.717) is 41.4 Å². The zero-order valence-corrected chi connectivity index (χ0v) is 17.5. The quantitative estimate of drug-likeness (QED) is 0.579. The Morgan fingerprint density at radius 3 is 2.73 bits per heavy atom. The molecule has 30 heavy (non-hydrogen) atoms. The van der Waals surface area contributed by atoms with Crippen molar-refractivity contribution in [3.63, 3.8) is 0 Å². The Balaban J connectivity index is 1.33. The molecule has 2 heterocycles. The van der Waals surface area contributed by atoms with Crippen LogP contribution in [0.15, 0.2) is 53.7 Å². The zero-order valence-electron chi connectivity index (χ0n) is 16.7. The van der Waals surface area contributed by atoms with E-state index in [9.17, 15) is 4.79 Å². The molecule has 9 heteroatoms. The Labute approximate surface area is 178 Å². The summed E-state index contributed by atoms with van der Waals surface area (Å²) in [6, 6.07) is 14.9. The lowest BCUT2D eigenvalue weighted by molar-refractivity contribution is -0.113. The summed E-state index contributed by atoms with van der Waals surface area (Å²) in [5, 5.41) is 11.9. The molecule has 1 atom stereocenters. The molecule has 2 aromatic carbocycles. The predicted molar refractivity (Wildman–Crippen MR) is 113 cm³/mol. The molecule has 1 aliphatic rings. The molecule has 0 aliphatic carbocycles. The van der Waals surface area contributed by atoms with Crippen LogP contribution in [-0.2, 0) is 11.8 Å².